The quantitative estimate of drug-likeness (QED) is 0.906. The minimum Gasteiger partial charge on any atom is -0.347 e. The number of aromatic nitrogens is 1. The number of rotatable bonds is 4. The fourth-order valence-electron chi connectivity index (χ4n) is 1.97. The van der Waals surface area contributed by atoms with Gasteiger partial charge in [-0.2, -0.15) is 0 Å². The predicted molar refractivity (Wildman–Crippen MR) is 89.0 cm³/mol. The first kappa shape index (κ1) is 17.6. The molecule has 0 aliphatic carbocycles. The van der Waals surface area contributed by atoms with Crippen LogP contribution in [0.4, 0.5) is 4.39 Å². The molecule has 0 radical (unpaired) electrons. The van der Waals surface area contributed by atoms with Crippen molar-refractivity contribution in [3.63, 3.8) is 0 Å². The van der Waals surface area contributed by atoms with Gasteiger partial charge >= 0.3 is 0 Å². The van der Waals surface area contributed by atoms with Crippen LogP contribution < -0.4 is 10.6 Å². The Kier molecular flexibility index (Phi) is 5.28. The molecule has 2 amide bonds. The molecule has 2 rings (SSSR count). The van der Waals surface area contributed by atoms with Crippen LogP contribution in [0.5, 0.6) is 0 Å². The Morgan fingerprint density at radius 2 is 1.58 bits per heavy atom. The van der Waals surface area contributed by atoms with Crippen molar-refractivity contribution in [2.75, 3.05) is 0 Å². The largest absolute Gasteiger partial charge is 0.347 e. The Balaban J connectivity index is 2.03. The molecule has 0 spiro atoms. The molecule has 0 unspecified atom stereocenters. The van der Waals surface area contributed by atoms with Crippen LogP contribution in [-0.4, -0.2) is 22.3 Å². The van der Waals surface area contributed by atoms with E-state index in [1.54, 1.807) is 24.3 Å². The molecule has 0 atom stereocenters. The molecule has 1 aromatic carbocycles. The normalized spacial score (nSPS) is 11.0. The van der Waals surface area contributed by atoms with Crippen molar-refractivity contribution in [1.29, 1.82) is 0 Å². The molecule has 2 N–H and O–H groups in total. The summed E-state index contributed by atoms with van der Waals surface area (Å²) in [6, 6.07) is 10.5. The van der Waals surface area contributed by atoms with Crippen molar-refractivity contribution >= 4 is 11.8 Å². The van der Waals surface area contributed by atoms with E-state index in [-0.39, 0.29) is 35.2 Å². The van der Waals surface area contributed by atoms with E-state index in [1.807, 2.05) is 20.8 Å². The van der Waals surface area contributed by atoms with Crippen LogP contribution in [0.2, 0.25) is 0 Å². The molecule has 0 bridgehead atoms. The van der Waals surface area contributed by atoms with Gasteiger partial charge in [-0.25, -0.2) is 9.37 Å². The van der Waals surface area contributed by atoms with Crippen LogP contribution in [0.3, 0.4) is 0 Å². The van der Waals surface area contributed by atoms with Gasteiger partial charge in [0.15, 0.2) is 0 Å². The lowest BCUT2D eigenvalue weighted by Gasteiger charge is -2.20. The van der Waals surface area contributed by atoms with E-state index in [2.05, 4.69) is 15.6 Å². The van der Waals surface area contributed by atoms with Crippen molar-refractivity contribution < 1.29 is 14.0 Å². The van der Waals surface area contributed by atoms with E-state index < -0.39 is 5.91 Å². The van der Waals surface area contributed by atoms with E-state index in [0.717, 1.165) is 5.56 Å². The zero-order valence-electron chi connectivity index (χ0n) is 13.9. The number of nitrogens with one attached hydrogen (secondary N) is 2. The SMILES string of the molecule is CC(C)(C)NC(=O)c1cccc(C(=O)NCc2ccc(F)cc2)n1. The molecule has 0 aliphatic heterocycles. The number of carbonyl (C=O) groups is 2. The van der Waals surface area contributed by atoms with E-state index in [9.17, 15) is 14.0 Å². The maximum absolute atomic E-state index is 12.9. The molecule has 0 aliphatic rings. The number of benzene rings is 1. The Morgan fingerprint density at radius 1 is 1.00 bits per heavy atom. The topological polar surface area (TPSA) is 71.1 Å². The average Bonchev–Trinajstić information content (AvgIpc) is 2.52. The minimum absolute atomic E-state index is 0.152. The molecule has 2 aromatic rings. The summed E-state index contributed by atoms with van der Waals surface area (Å²) in [7, 11) is 0. The Labute approximate surface area is 140 Å². The van der Waals surface area contributed by atoms with Gasteiger partial charge in [0.2, 0.25) is 0 Å². The van der Waals surface area contributed by atoms with E-state index in [1.165, 1.54) is 18.2 Å². The number of amides is 2. The summed E-state index contributed by atoms with van der Waals surface area (Å²) in [5, 5.41) is 5.49. The minimum atomic E-state index is -0.398. The molecular formula is C18H20FN3O2. The van der Waals surface area contributed by atoms with Gasteiger partial charge in [-0.3, -0.25) is 9.59 Å². The average molecular weight is 329 g/mol. The van der Waals surface area contributed by atoms with Gasteiger partial charge in [-0.05, 0) is 50.6 Å². The molecular weight excluding hydrogens is 309 g/mol. The van der Waals surface area contributed by atoms with Gasteiger partial charge in [0.05, 0.1) is 0 Å². The second-order valence-corrected chi connectivity index (χ2v) is 6.42. The summed E-state index contributed by atoms with van der Waals surface area (Å²) in [5.74, 6) is -1.07. The maximum atomic E-state index is 12.9. The van der Waals surface area contributed by atoms with Gasteiger partial charge in [0.1, 0.15) is 17.2 Å². The Bertz CT molecular complexity index is 737. The number of halogens is 1. The predicted octanol–water partition coefficient (Wildman–Crippen LogP) is 2.68. The van der Waals surface area contributed by atoms with E-state index >= 15 is 0 Å². The monoisotopic (exact) mass is 329 g/mol. The Hall–Kier alpha value is -2.76. The lowest BCUT2D eigenvalue weighted by Crippen LogP contribution is -2.41. The lowest BCUT2D eigenvalue weighted by atomic mass is 10.1. The molecule has 5 nitrogen and oxygen atoms in total. The second-order valence-electron chi connectivity index (χ2n) is 6.42. The standard InChI is InChI=1S/C18H20FN3O2/c1-18(2,3)22-17(24)15-6-4-5-14(21-15)16(23)20-11-12-7-9-13(19)10-8-12/h4-10H,11H2,1-3H3,(H,20,23)(H,22,24). The van der Waals surface area contributed by atoms with Gasteiger partial charge in [-0.1, -0.05) is 18.2 Å². The first-order valence-corrected chi connectivity index (χ1v) is 7.57. The maximum Gasteiger partial charge on any atom is 0.270 e. The van der Waals surface area contributed by atoms with Crippen molar-refractivity contribution in [1.82, 2.24) is 15.6 Å². The second kappa shape index (κ2) is 7.21. The summed E-state index contributed by atoms with van der Waals surface area (Å²) in [6.07, 6.45) is 0. The van der Waals surface area contributed by atoms with Crippen molar-refractivity contribution in [2.24, 2.45) is 0 Å². The van der Waals surface area contributed by atoms with Crippen LogP contribution in [0.25, 0.3) is 0 Å². The van der Waals surface area contributed by atoms with Gasteiger partial charge in [0, 0.05) is 12.1 Å². The molecule has 0 saturated carbocycles. The first-order chi connectivity index (χ1) is 11.2. The summed E-state index contributed by atoms with van der Waals surface area (Å²) < 4.78 is 12.9. The van der Waals surface area contributed by atoms with Crippen LogP contribution in [0.1, 0.15) is 47.3 Å². The number of carbonyl (C=O) groups excluding carboxylic acids is 2. The van der Waals surface area contributed by atoms with Crippen LogP contribution in [0.15, 0.2) is 42.5 Å². The highest BCUT2D eigenvalue weighted by atomic mass is 19.1. The lowest BCUT2D eigenvalue weighted by molar-refractivity contribution is 0.0914. The van der Waals surface area contributed by atoms with Crippen LogP contribution in [-0.2, 0) is 6.54 Å². The highest BCUT2D eigenvalue weighted by Crippen LogP contribution is 2.06. The molecule has 1 heterocycles. The molecule has 1 aromatic heterocycles. The molecule has 6 heteroatoms. The summed E-state index contributed by atoms with van der Waals surface area (Å²) in [5.41, 5.74) is 0.712. The highest BCUT2D eigenvalue weighted by Gasteiger charge is 2.17. The third-order valence-corrected chi connectivity index (χ3v) is 3.07. The number of pyridine rings is 1. The summed E-state index contributed by atoms with van der Waals surface area (Å²) in [6.45, 7) is 5.84. The van der Waals surface area contributed by atoms with E-state index in [0.29, 0.717) is 0 Å². The Morgan fingerprint density at radius 3 is 2.17 bits per heavy atom. The summed E-state index contributed by atoms with van der Waals surface area (Å²) in [4.78, 5) is 28.4. The van der Waals surface area contributed by atoms with Crippen LogP contribution in [0, 0.1) is 5.82 Å². The molecule has 126 valence electrons. The van der Waals surface area contributed by atoms with E-state index in [4.69, 9.17) is 0 Å². The fourth-order valence-corrected chi connectivity index (χ4v) is 1.97. The van der Waals surface area contributed by atoms with Crippen LogP contribution >= 0.6 is 0 Å². The zero-order chi connectivity index (χ0) is 17.7. The number of hydrogen-bond acceptors (Lipinski definition) is 3. The third kappa shape index (κ3) is 5.15. The zero-order valence-corrected chi connectivity index (χ0v) is 13.9. The first-order valence-electron chi connectivity index (χ1n) is 7.57. The fraction of sp³-hybridized carbons (Fsp3) is 0.278. The smallest absolute Gasteiger partial charge is 0.270 e. The number of nitrogens with zero attached hydrogens (tertiary/aromatic N) is 1. The van der Waals surface area contributed by atoms with Crippen molar-refractivity contribution in [2.45, 2.75) is 32.9 Å². The molecule has 0 saturated heterocycles. The molecule has 24 heavy (non-hydrogen) atoms. The third-order valence-electron chi connectivity index (χ3n) is 3.07. The summed E-state index contributed by atoms with van der Waals surface area (Å²) >= 11 is 0. The van der Waals surface area contributed by atoms with Gasteiger partial charge in [-0.15, -0.1) is 0 Å². The van der Waals surface area contributed by atoms with Gasteiger partial charge < -0.3 is 10.6 Å². The van der Waals surface area contributed by atoms with Crippen molar-refractivity contribution in [3.05, 3.63) is 65.2 Å². The van der Waals surface area contributed by atoms with Gasteiger partial charge in [0.25, 0.3) is 11.8 Å². The molecule has 0 fully saturated rings. The van der Waals surface area contributed by atoms with Crippen molar-refractivity contribution in [3.8, 4) is 0 Å². The number of hydrogen-bond donors (Lipinski definition) is 2. The highest BCUT2D eigenvalue weighted by molar-refractivity contribution is 5.96.